The van der Waals surface area contributed by atoms with E-state index in [9.17, 15) is 9.90 Å². The molecule has 1 heterocycles. The number of nitrogens with zero attached hydrogens (tertiary/aromatic N) is 2. The molecular formula is C14H17N3O3S. The summed E-state index contributed by atoms with van der Waals surface area (Å²) in [6.45, 7) is 2.18. The Morgan fingerprint density at radius 3 is 3.05 bits per heavy atom. The molecule has 21 heavy (non-hydrogen) atoms. The molecule has 0 bridgehead atoms. The second-order valence-corrected chi connectivity index (χ2v) is 5.38. The average Bonchev–Trinajstić information content (AvgIpc) is 2.89. The number of phenolic OH excluding ortho intramolecular Hbond substituents is 1. The second-order valence-electron chi connectivity index (χ2n) is 4.37. The molecule has 1 aromatic carbocycles. The fourth-order valence-corrected chi connectivity index (χ4v) is 2.60. The highest BCUT2D eigenvalue weighted by molar-refractivity contribution is 8.14. The zero-order valence-corrected chi connectivity index (χ0v) is 12.5. The largest absolute Gasteiger partial charge is 0.508 e. The van der Waals surface area contributed by atoms with Gasteiger partial charge in [-0.1, -0.05) is 11.8 Å². The van der Waals surface area contributed by atoms with Crippen molar-refractivity contribution < 1.29 is 14.6 Å². The van der Waals surface area contributed by atoms with Crippen LogP contribution in [0.2, 0.25) is 0 Å². The smallest absolute Gasteiger partial charge is 0.307 e. The van der Waals surface area contributed by atoms with E-state index < -0.39 is 0 Å². The minimum Gasteiger partial charge on any atom is -0.508 e. The van der Waals surface area contributed by atoms with Gasteiger partial charge < -0.3 is 9.84 Å². The van der Waals surface area contributed by atoms with E-state index in [-0.39, 0.29) is 17.8 Å². The van der Waals surface area contributed by atoms with Crippen LogP contribution >= 0.6 is 11.8 Å². The Morgan fingerprint density at radius 2 is 2.33 bits per heavy atom. The summed E-state index contributed by atoms with van der Waals surface area (Å²) in [4.78, 5) is 15.7. The van der Waals surface area contributed by atoms with Gasteiger partial charge in [0.2, 0.25) is 0 Å². The molecule has 0 saturated heterocycles. The third-order valence-electron chi connectivity index (χ3n) is 2.69. The summed E-state index contributed by atoms with van der Waals surface area (Å²) in [5, 5.41) is 13.9. The van der Waals surface area contributed by atoms with Crippen LogP contribution in [0.15, 0.2) is 34.4 Å². The molecule has 112 valence electrons. The molecule has 1 aromatic rings. The maximum atomic E-state index is 11.4. The van der Waals surface area contributed by atoms with Crippen molar-refractivity contribution in [2.75, 3.05) is 12.4 Å². The van der Waals surface area contributed by atoms with Crippen LogP contribution in [0, 0.1) is 0 Å². The Kier molecular flexibility index (Phi) is 5.62. The predicted molar refractivity (Wildman–Crippen MR) is 83.8 cm³/mol. The molecule has 0 aromatic heterocycles. The van der Waals surface area contributed by atoms with Gasteiger partial charge in [-0.15, -0.1) is 0 Å². The van der Waals surface area contributed by atoms with Crippen LogP contribution in [0.5, 0.6) is 5.75 Å². The summed E-state index contributed by atoms with van der Waals surface area (Å²) in [5.41, 5.74) is 3.72. The minimum absolute atomic E-state index is 0.0552. The maximum Gasteiger partial charge on any atom is 0.307 e. The number of esters is 1. The first-order chi connectivity index (χ1) is 10.2. The number of ether oxygens (including phenoxy) is 1. The maximum absolute atomic E-state index is 11.4. The number of nitrogens with one attached hydrogen (secondary N) is 1. The van der Waals surface area contributed by atoms with E-state index in [1.165, 1.54) is 11.8 Å². The van der Waals surface area contributed by atoms with Crippen molar-refractivity contribution in [3.8, 4) is 5.75 Å². The molecule has 0 aliphatic carbocycles. The molecule has 1 aliphatic rings. The van der Waals surface area contributed by atoms with E-state index in [1.807, 2.05) is 0 Å². The van der Waals surface area contributed by atoms with Gasteiger partial charge in [0.05, 0.1) is 25.3 Å². The molecule has 1 atom stereocenters. The summed E-state index contributed by atoms with van der Waals surface area (Å²) in [6.07, 6.45) is 1.94. The van der Waals surface area contributed by atoms with Gasteiger partial charge in [-0.2, -0.15) is 5.10 Å². The molecule has 0 saturated carbocycles. The molecule has 6 nitrogen and oxygen atoms in total. The molecular weight excluding hydrogens is 290 g/mol. The van der Waals surface area contributed by atoms with Crippen LogP contribution in [0.4, 0.5) is 0 Å². The topological polar surface area (TPSA) is 83.3 Å². The van der Waals surface area contributed by atoms with Gasteiger partial charge in [0, 0.05) is 5.75 Å². The number of amidine groups is 1. The van der Waals surface area contributed by atoms with Gasteiger partial charge in [-0.3, -0.25) is 15.2 Å². The van der Waals surface area contributed by atoms with E-state index in [0.717, 1.165) is 11.3 Å². The van der Waals surface area contributed by atoms with Crippen LogP contribution in [0.1, 0.15) is 18.9 Å². The summed E-state index contributed by atoms with van der Waals surface area (Å²) < 4.78 is 4.90. The van der Waals surface area contributed by atoms with E-state index in [1.54, 1.807) is 37.4 Å². The molecule has 2 rings (SSSR count). The normalized spacial score (nSPS) is 17.8. The number of hydrogen-bond donors (Lipinski definition) is 2. The van der Waals surface area contributed by atoms with Crippen molar-refractivity contribution >= 4 is 29.1 Å². The Labute approximate surface area is 127 Å². The van der Waals surface area contributed by atoms with Crippen LogP contribution in [-0.2, 0) is 9.53 Å². The SMILES string of the molecule is CCOC(=O)CC1CSC(N/N=C/c2ccc(O)cc2)=N1. The first-order valence-electron chi connectivity index (χ1n) is 6.61. The monoisotopic (exact) mass is 307 g/mol. The lowest BCUT2D eigenvalue weighted by molar-refractivity contribution is -0.143. The standard InChI is InChI=1S/C14H17N3O3S/c1-2-20-13(19)7-11-9-21-14(16-11)17-15-8-10-3-5-12(18)6-4-10/h3-6,8,11,18H,2,7,9H2,1H3,(H,16,17)/b15-8+. The van der Waals surface area contributed by atoms with Crippen molar-refractivity contribution in [1.29, 1.82) is 0 Å². The number of aromatic hydroxyl groups is 1. The lowest BCUT2D eigenvalue weighted by atomic mass is 10.2. The third-order valence-corrected chi connectivity index (χ3v) is 3.71. The lowest BCUT2D eigenvalue weighted by Crippen LogP contribution is -2.15. The van der Waals surface area contributed by atoms with Crippen LogP contribution in [0.25, 0.3) is 0 Å². The number of hydrazone groups is 1. The summed E-state index contributed by atoms with van der Waals surface area (Å²) in [5.74, 6) is 0.744. The summed E-state index contributed by atoms with van der Waals surface area (Å²) in [7, 11) is 0. The molecule has 0 spiro atoms. The number of hydrogen-bond acceptors (Lipinski definition) is 7. The number of thioether (sulfide) groups is 1. The highest BCUT2D eigenvalue weighted by atomic mass is 32.2. The van der Waals surface area contributed by atoms with E-state index in [4.69, 9.17) is 4.74 Å². The van der Waals surface area contributed by atoms with Crippen molar-refractivity contribution in [1.82, 2.24) is 5.43 Å². The molecule has 0 radical (unpaired) electrons. The zero-order valence-electron chi connectivity index (χ0n) is 11.7. The van der Waals surface area contributed by atoms with E-state index >= 15 is 0 Å². The van der Waals surface area contributed by atoms with Gasteiger partial charge in [-0.05, 0) is 36.8 Å². The van der Waals surface area contributed by atoms with Crippen molar-refractivity contribution in [3.63, 3.8) is 0 Å². The molecule has 1 unspecified atom stereocenters. The van der Waals surface area contributed by atoms with E-state index in [2.05, 4.69) is 15.5 Å². The Balaban J connectivity index is 1.81. The number of benzene rings is 1. The van der Waals surface area contributed by atoms with Crippen LogP contribution in [-0.4, -0.2) is 40.9 Å². The minimum atomic E-state index is -0.222. The Morgan fingerprint density at radius 1 is 1.57 bits per heavy atom. The average molecular weight is 307 g/mol. The van der Waals surface area contributed by atoms with Crippen molar-refractivity contribution in [3.05, 3.63) is 29.8 Å². The second kappa shape index (κ2) is 7.68. The molecule has 0 fully saturated rings. The number of phenols is 1. The van der Waals surface area contributed by atoms with Gasteiger partial charge in [0.1, 0.15) is 5.75 Å². The molecule has 2 N–H and O–H groups in total. The Hall–Kier alpha value is -2.02. The van der Waals surface area contributed by atoms with Gasteiger partial charge in [0.25, 0.3) is 0 Å². The lowest BCUT2D eigenvalue weighted by Gasteiger charge is -2.04. The number of aliphatic imine (C=N–C) groups is 1. The number of carbonyl (C=O) groups is 1. The zero-order chi connectivity index (χ0) is 15.1. The summed E-state index contributed by atoms with van der Waals surface area (Å²) >= 11 is 1.53. The molecule has 7 heteroatoms. The summed E-state index contributed by atoms with van der Waals surface area (Å²) in [6, 6.07) is 6.65. The fourth-order valence-electron chi connectivity index (χ4n) is 1.72. The van der Waals surface area contributed by atoms with E-state index in [0.29, 0.717) is 18.2 Å². The number of carbonyl (C=O) groups excluding carboxylic acids is 1. The van der Waals surface area contributed by atoms with Gasteiger partial charge in [-0.25, -0.2) is 0 Å². The van der Waals surface area contributed by atoms with Gasteiger partial charge in [0.15, 0.2) is 5.17 Å². The first kappa shape index (κ1) is 15.4. The number of rotatable bonds is 5. The third kappa shape index (κ3) is 5.11. The quantitative estimate of drug-likeness (QED) is 0.492. The van der Waals surface area contributed by atoms with Crippen LogP contribution in [0.3, 0.4) is 0 Å². The van der Waals surface area contributed by atoms with Gasteiger partial charge >= 0.3 is 5.97 Å². The highest BCUT2D eigenvalue weighted by Gasteiger charge is 2.21. The van der Waals surface area contributed by atoms with Crippen molar-refractivity contribution in [2.24, 2.45) is 10.1 Å². The molecule has 0 amide bonds. The molecule has 1 aliphatic heterocycles. The van der Waals surface area contributed by atoms with Crippen molar-refractivity contribution in [2.45, 2.75) is 19.4 Å². The van der Waals surface area contributed by atoms with Crippen LogP contribution < -0.4 is 5.43 Å². The predicted octanol–water partition coefficient (Wildman–Crippen LogP) is 1.74. The fraction of sp³-hybridized carbons (Fsp3) is 0.357. The highest BCUT2D eigenvalue weighted by Crippen LogP contribution is 2.19. The Bertz CT molecular complexity index is 543. The first-order valence-corrected chi connectivity index (χ1v) is 7.60.